The Morgan fingerprint density at radius 2 is 2.24 bits per heavy atom. The molecule has 1 aromatic carbocycles. The van der Waals surface area contributed by atoms with Crippen LogP contribution >= 0.6 is 0 Å². The average Bonchev–Trinajstić information content (AvgIpc) is 2.99. The number of rotatable bonds is 3. The molecular formula is C16H18F2N4O3. The van der Waals surface area contributed by atoms with E-state index >= 15 is 0 Å². The summed E-state index contributed by atoms with van der Waals surface area (Å²) in [4.78, 5) is 11.7. The third kappa shape index (κ3) is 3.21. The molecule has 0 radical (unpaired) electrons. The number of hydrogen-bond donors (Lipinski definition) is 3. The predicted molar refractivity (Wildman–Crippen MR) is 86.9 cm³/mol. The van der Waals surface area contributed by atoms with Crippen molar-refractivity contribution in [1.29, 1.82) is 0 Å². The summed E-state index contributed by atoms with van der Waals surface area (Å²) >= 11 is 0. The maximum atomic E-state index is 14.4. The summed E-state index contributed by atoms with van der Waals surface area (Å²) in [6.07, 6.45) is -1.29. The Hall–Kier alpha value is -2.84. The highest BCUT2D eigenvalue weighted by atomic mass is 19.3. The van der Waals surface area contributed by atoms with Gasteiger partial charge >= 0.3 is 6.09 Å². The summed E-state index contributed by atoms with van der Waals surface area (Å²) in [6.45, 7) is -0.745. The Bertz CT molecular complexity index is 793. The smallest absolute Gasteiger partial charge is 0.407 e. The summed E-state index contributed by atoms with van der Waals surface area (Å²) in [5, 5.41) is 15.5. The lowest BCUT2D eigenvalue weighted by Crippen LogP contribution is -2.49. The minimum absolute atomic E-state index is 0.0405. The van der Waals surface area contributed by atoms with E-state index in [1.165, 1.54) is 7.11 Å². The molecule has 1 aliphatic rings. The molecule has 3 rings (SSSR count). The van der Waals surface area contributed by atoms with Gasteiger partial charge in [0.25, 0.3) is 5.92 Å². The standard InChI is InChI=1S/C16H18F2N4O3/c1-25-13-6-9(2-3-10(13)12-7-14(19)21-20-12)11-4-5-22(15(23)24)8-16(11,17)18/h2-3,6-7,11H,4-5,8H2,1H3,(H,23,24)(H3,19,20,21). The van der Waals surface area contributed by atoms with Crippen molar-refractivity contribution in [3.8, 4) is 17.0 Å². The number of halogens is 2. The first-order chi connectivity index (χ1) is 11.8. The van der Waals surface area contributed by atoms with Crippen molar-refractivity contribution in [1.82, 2.24) is 15.1 Å². The van der Waals surface area contributed by atoms with E-state index < -0.39 is 24.5 Å². The van der Waals surface area contributed by atoms with E-state index in [2.05, 4.69) is 10.2 Å². The van der Waals surface area contributed by atoms with Gasteiger partial charge in [-0.2, -0.15) is 5.10 Å². The summed E-state index contributed by atoms with van der Waals surface area (Å²) in [5.41, 5.74) is 7.27. The van der Waals surface area contributed by atoms with Crippen LogP contribution in [-0.2, 0) is 0 Å². The summed E-state index contributed by atoms with van der Waals surface area (Å²) in [7, 11) is 1.45. The molecule has 1 saturated heterocycles. The first-order valence-corrected chi connectivity index (χ1v) is 7.66. The molecule has 4 N–H and O–H groups in total. The number of aromatic amines is 1. The second kappa shape index (κ2) is 6.23. The van der Waals surface area contributed by atoms with Crippen LogP contribution < -0.4 is 10.5 Å². The zero-order valence-corrected chi connectivity index (χ0v) is 13.5. The van der Waals surface area contributed by atoms with Crippen molar-refractivity contribution in [3.05, 3.63) is 29.8 Å². The number of carbonyl (C=O) groups is 1. The number of nitrogens with two attached hydrogens (primary N) is 1. The Morgan fingerprint density at radius 1 is 1.48 bits per heavy atom. The summed E-state index contributed by atoms with van der Waals surface area (Å²) in [6, 6.07) is 6.45. The zero-order chi connectivity index (χ0) is 18.2. The number of anilines is 1. The number of nitrogens with zero attached hydrogens (tertiary/aromatic N) is 2. The number of ether oxygens (including phenoxy) is 1. The first-order valence-electron chi connectivity index (χ1n) is 7.66. The highest BCUT2D eigenvalue weighted by Crippen LogP contribution is 2.42. The fraction of sp³-hybridized carbons (Fsp3) is 0.375. The third-order valence-electron chi connectivity index (χ3n) is 4.39. The number of alkyl halides is 2. The molecule has 0 aliphatic carbocycles. The van der Waals surface area contributed by atoms with Gasteiger partial charge in [-0.3, -0.25) is 5.10 Å². The van der Waals surface area contributed by atoms with Gasteiger partial charge < -0.3 is 20.5 Å². The normalized spacial score (nSPS) is 19.6. The molecule has 1 unspecified atom stereocenters. The number of carboxylic acid groups (broad SMARTS) is 1. The number of nitrogens with one attached hydrogen (secondary N) is 1. The topological polar surface area (TPSA) is 104 Å². The quantitative estimate of drug-likeness (QED) is 0.788. The first kappa shape index (κ1) is 17.0. The number of H-pyrrole nitrogens is 1. The van der Waals surface area contributed by atoms with Crippen LogP contribution in [0, 0.1) is 0 Å². The fourth-order valence-corrected chi connectivity index (χ4v) is 3.14. The van der Waals surface area contributed by atoms with Crippen LogP contribution in [0.5, 0.6) is 5.75 Å². The predicted octanol–water partition coefficient (Wildman–Crippen LogP) is 2.77. The fourth-order valence-electron chi connectivity index (χ4n) is 3.14. The van der Waals surface area contributed by atoms with Crippen molar-refractivity contribution < 1.29 is 23.4 Å². The van der Waals surface area contributed by atoms with Crippen molar-refractivity contribution in [2.45, 2.75) is 18.3 Å². The molecule has 0 spiro atoms. The second-order valence-corrected chi connectivity index (χ2v) is 5.97. The number of aromatic nitrogens is 2. The molecule has 1 aromatic heterocycles. The van der Waals surface area contributed by atoms with Crippen LogP contribution in [0.15, 0.2) is 24.3 Å². The van der Waals surface area contributed by atoms with Gasteiger partial charge in [0.1, 0.15) is 11.6 Å². The Kier molecular flexibility index (Phi) is 4.23. The van der Waals surface area contributed by atoms with E-state index in [0.717, 1.165) is 4.90 Å². The van der Waals surface area contributed by atoms with Crippen LogP contribution in [0.25, 0.3) is 11.3 Å². The number of amides is 1. The second-order valence-electron chi connectivity index (χ2n) is 5.97. The molecule has 0 bridgehead atoms. The lowest BCUT2D eigenvalue weighted by atomic mass is 9.85. The molecule has 1 aliphatic heterocycles. The number of hydrogen-bond acceptors (Lipinski definition) is 4. The monoisotopic (exact) mass is 352 g/mol. The van der Waals surface area contributed by atoms with Gasteiger partial charge in [0, 0.05) is 18.2 Å². The van der Waals surface area contributed by atoms with Gasteiger partial charge in [-0.25, -0.2) is 13.6 Å². The SMILES string of the molecule is COc1cc(C2CCN(C(=O)O)CC2(F)F)ccc1-c1cc(N)n[nH]1. The number of piperidine rings is 1. The average molecular weight is 352 g/mol. The van der Waals surface area contributed by atoms with E-state index in [1.54, 1.807) is 24.3 Å². The van der Waals surface area contributed by atoms with Gasteiger partial charge in [-0.1, -0.05) is 6.07 Å². The van der Waals surface area contributed by atoms with Crippen molar-refractivity contribution in [2.75, 3.05) is 25.9 Å². The number of nitrogen functional groups attached to an aromatic ring is 1. The Balaban J connectivity index is 1.92. The Labute approximate surface area is 142 Å². The molecular weight excluding hydrogens is 334 g/mol. The minimum Gasteiger partial charge on any atom is -0.496 e. The third-order valence-corrected chi connectivity index (χ3v) is 4.39. The highest BCUT2D eigenvalue weighted by molar-refractivity contribution is 5.70. The highest BCUT2D eigenvalue weighted by Gasteiger charge is 2.46. The Morgan fingerprint density at radius 3 is 2.80 bits per heavy atom. The molecule has 7 nitrogen and oxygen atoms in total. The lowest BCUT2D eigenvalue weighted by Gasteiger charge is -2.37. The zero-order valence-electron chi connectivity index (χ0n) is 13.5. The lowest BCUT2D eigenvalue weighted by molar-refractivity contribution is -0.0761. The van der Waals surface area contributed by atoms with Crippen LogP contribution in [0.2, 0.25) is 0 Å². The summed E-state index contributed by atoms with van der Waals surface area (Å²) in [5.74, 6) is -3.49. The van der Waals surface area contributed by atoms with E-state index in [1.807, 2.05) is 0 Å². The summed E-state index contributed by atoms with van der Waals surface area (Å²) < 4.78 is 34.2. The maximum absolute atomic E-state index is 14.4. The van der Waals surface area contributed by atoms with Crippen molar-refractivity contribution in [3.63, 3.8) is 0 Å². The molecule has 2 aromatic rings. The van der Waals surface area contributed by atoms with Crippen LogP contribution in [0.4, 0.5) is 19.4 Å². The molecule has 2 heterocycles. The number of likely N-dealkylation sites (tertiary alicyclic amines) is 1. The van der Waals surface area contributed by atoms with Crippen LogP contribution in [0.1, 0.15) is 17.9 Å². The van der Waals surface area contributed by atoms with Gasteiger partial charge in [0.2, 0.25) is 0 Å². The van der Waals surface area contributed by atoms with Crippen LogP contribution in [-0.4, -0.2) is 52.4 Å². The molecule has 9 heteroatoms. The van der Waals surface area contributed by atoms with Gasteiger partial charge in [0.15, 0.2) is 0 Å². The molecule has 0 saturated carbocycles. The van der Waals surface area contributed by atoms with Crippen molar-refractivity contribution >= 4 is 11.9 Å². The van der Waals surface area contributed by atoms with Crippen molar-refractivity contribution in [2.24, 2.45) is 0 Å². The van der Waals surface area contributed by atoms with Crippen LogP contribution in [0.3, 0.4) is 0 Å². The van der Waals surface area contributed by atoms with E-state index in [4.69, 9.17) is 15.6 Å². The minimum atomic E-state index is -3.15. The molecule has 134 valence electrons. The molecule has 1 atom stereocenters. The van der Waals surface area contributed by atoms with Gasteiger partial charge in [-0.15, -0.1) is 0 Å². The van der Waals surface area contributed by atoms with E-state index in [-0.39, 0.29) is 13.0 Å². The van der Waals surface area contributed by atoms with E-state index in [9.17, 15) is 13.6 Å². The van der Waals surface area contributed by atoms with Gasteiger partial charge in [-0.05, 0) is 24.1 Å². The maximum Gasteiger partial charge on any atom is 0.407 e. The molecule has 25 heavy (non-hydrogen) atoms. The molecule has 1 fully saturated rings. The number of benzene rings is 1. The van der Waals surface area contributed by atoms with Gasteiger partial charge in [0.05, 0.1) is 25.3 Å². The number of methoxy groups -OCH3 is 1. The van der Waals surface area contributed by atoms with E-state index in [0.29, 0.717) is 28.4 Å². The molecule has 1 amide bonds. The largest absolute Gasteiger partial charge is 0.496 e.